The summed E-state index contributed by atoms with van der Waals surface area (Å²) in [7, 11) is -2.14. The summed E-state index contributed by atoms with van der Waals surface area (Å²) in [5.74, 6) is 0. The van der Waals surface area contributed by atoms with Crippen LogP contribution in [0.15, 0.2) is 0 Å². The summed E-state index contributed by atoms with van der Waals surface area (Å²) in [6, 6.07) is 0. The number of rotatable bonds is 1. The Balaban J connectivity index is 2.61. The maximum absolute atomic E-state index is 10.2. The third-order valence-electron chi connectivity index (χ3n) is 1.72. The fourth-order valence-electron chi connectivity index (χ4n) is 0.799. The molecule has 1 saturated carbocycles. The van der Waals surface area contributed by atoms with Gasteiger partial charge in [0.25, 0.3) is 0 Å². The van der Waals surface area contributed by atoms with Crippen molar-refractivity contribution >= 4 is 10.7 Å². The summed E-state index contributed by atoms with van der Waals surface area (Å²) < 4.78 is 20.4. The summed E-state index contributed by atoms with van der Waals surface area (Å²) >= 11 is 0. The third-order valence-corrected chi connectivity index (χ3v) is 3.11. The van der Waals surface area contributed by atoms with E-state index in [2.05, 4.69) is 0 Å². The van der Waals surface area contributed by atoms with Crippen LogP contribution in [-0.2, 0) is 10.7 Å². The predicted molar refractivity (Wildman–Crippen MR) is 32.5 cm³/mol. The van der Waals surface area contributed by atoms with Crippen LogP contribution in [-0.4, -0.2) is 13.7 Å². The van der Waals surface area contributed by atoms with Crippen LogP contribution in [0.5, 0.6) is 0 Å². The highest BCUT2D eigenvalue weighted by Crippen LogP contribution is 2.46. The Morgan fingerprint density at radius 2 is 1.88 bits per heavy atom. The molecule has 1 unspecified atom stereocenters. The first kappa shape index (κ1) is 6.08. The van der Waals surface area contributed by atoms with Crippen molar-refractivity contribution in [1.29, 1.82) is 0 Å². The van der Waals surface area contributed by atoms with Crippen molar-refractivity contribution in [3.63, 3.8) is 0 Å². The van der Waals surface area contributed by atoms with E-state index in [0.717, 1.165) is 6.42 Å². The first-order valence-electron chi connectivity index (χ1n) is 2.67. The second-order valence-electron chi connectivity index (χ2n) is 2.99. The summed E-state index contributed by atoms with van der Waals surface area (Å²) in [4.78, 5) is 0. The van der Waals surface area contributed by atoms with Crippen molar-refractivity contribution in [3.05, 3.63) is 0 Å². The zero-order chi connectivity index (χ0) is 6.36. The molecule has 0 aromatic heterocycles. The molecular formula is C5H10O2S. The van der Waals surface area contributed by atoms with E-state index in [9.17, 15) is 8.42 Å². The van der Waals surface area contributed by atoms with Crippen LogP contribution in [0.3, 0.4) is 0 Å². The predicted octanol–water partition coefficient (Wildman–Crippen LogP) is 0.396. The minimum absolute atomic E-state index is 0.0301. The van der Waals surface area contributed by atoms with Gasteiger partial charge in [0.05, 0.1) is 5.25 Å². The topological polar surface area (TPSA) is 34.1 Å². The summed E-state index contributed by atoms with van der Waals surface area (Å²) in [5, 5.41) is -0.0301. The van der Waals surface area contributed by atoms with E-state index < -0.39 is 10.7 Å². The second-order valence-corrected chi connectivity index (χ2v) is 4.19. The molecule has 1 aliphatic carbocycles. The first-order chi connectivity index (χ1) is 3.54. The highest BCUT2D eigenvalue weighted by atomic mass is 32.2. The van der Waals surface area contributed by atoms with Crippen molar-refractivity contribution < 1.29 is 8.42 Å². The molecule has 0 heterocycles. The molecule has 0 N–H and O–H groups in total. The molecule has 3 heteroatoms. The van der Waals surface area contributed by atoms with Crippen molar-refractivity contribution in [1.82, 2.24) is 0 Å². The van der Waals surface area contributed by atoms with Gasteiger partial charge in [-0.15, -0.1) is 0 Å². The van der Waals surface area contributed by atoms with Gasteiger partial charge in [-0.3, -0.25) is 0 Å². The lowest BCUT2D eigenvalue weighted by Crippen LogP contribution is -1.95. The Bertz CT molecular complexity index is 161. The number of thiol groups is 1. The quantitative estimate of drug-likeness (QED) is 0.527. The fraction of sp³-hybridized carbons (Fsp3) is 1.00. The van der Waals surface area contributed by atoms with Crippen LogP contribution in [0.1, 0.15) is 20.3 Å². The van der Waals surface area contributed by atoms with Gasteiger partial charge in [0, 0.05) is 0 Å². The van der Waals surface area contributed by atoms with E-state index in [4.69, 9.17) is 0 Å². The van der Waals surface area contributed by atoms with Crippen molar-refractivity contribution in [2.75, 3.05) is 0 Å². The molecule has 0 spiro atoms. The summed E-state index contributed by atoms with van der Waals surface area (Å²) in [5.41, 5.74) is 0.0925. The van der Waals surface area contributed by atoms with E-state index in [-0.39, 0.29) is 10.7 Å². The molecule has 0 aliphatic heterocycles. The largest absolute Gasteiger partial charge is 0.232 e. The Morgan fingerprint density at radius 1 is 1.50 bits per heavy atom. The van der Waals surface area contributed by atoms with Crippen LogP contribution in [0.25, 0.3) is 0 Å². The van der Waals surface area contributed by atoms with Gasteiger partial charge in [0.2, 0.25) is 0 Å². The normalized spacial score (nSPS) is 33.1. The van der Waals surface area contributed by atoms with E-state index in [1.54, 1.807) is 0 Å². The molecule has 2 nitrogen and oxygen atoms in total. The molecule has 0 amide bonds. The molecule has 0 aromatic rings. The Kier molecular flexibility index (Phi) is 1.11. The van der Waals surface area contributed by atoms with Crippen LogP contribution < -0.4 is 0 Å². The molecule has 0 saturated heterocycles. The molecule has 1 rings (SSSR count). The highest BCUT2D eigenvalue weighted by molar-refractivity contribution is 7.73. The van der Waals surface area contributed by atoms with Gasteiger partial charge in [0.15, 0.2) is 0 Å². The zero-order valence-corrected chi connectivity index (χ0v) is 5.94. The van der Waals surface area contributed by atoms with Crippen molar-refractivity contribution in [3.8, 4) is 0 Å². The smallest absolute Gasteiger partial charge is 0.143 e. The molecule has 8 heavy (non-hydrogen) atoms. The average molecular weight is 134 g/mol. The molecule has 0 aromatic carbocycles. The SMILES string of the molecule is CC1(C)CC1[SH](=O)=O. The Hall–Kier alpha value is -0.0500. The van der Waals surface area contributed by atoms with Gasteiger partial charge < -0.3 is 0 Å². The Morgan fingerprint density at radius 3 is 1.88 bits per heavy atom. The monoisotopic (exact) mass is 134 g/mol. The molecule has 48 valence electrons. The second kappa shape index (κ2) is 1.47. The lowest BCUT2D eigenvalue weighted by molar-refractivity contribution is 0.596. The molecule has 0 bridgehead atoms. The summed E-state index contributed by atoms with van der Waals surface area (Å²) in [6.45, 7) is 3.95. The van der Waals surface area contributed by atoms with E-state index in [1.807, 2.05) is 13.8 Å². The fourth-order valence-corrected chi connectivity index (χ4v) is 1.99. The van der Waals surface area contributed by atoms with E-state index in [0.29, 0.717) is 0 Å². The first-order valence-corrected chi connectivity index (χ1v) is 3.92. The van der Waals surface area contributed by atoms with Gasteiger partial charge in [-0.25, -0.2) is 8.42 Å². The van der Waals surface area contributed by atoms with Gasteiger partial charge >= 0.3 is 0 Å². The van der Waals surface area contributed by atoms with Crippen LogP contribution in [0, 0.1) is 5.41 Å². The molecule has 1 aliphatic rings. The maximum atomic E-state index is 10.2. The van der Waals surface area contributed by atoms with E-state index in [1.165, 1.54) is 0 Å². The molecule has 0 radical (unpaired) electrons. The van der Waals surface area contributed by atoms with Crippen LogP contribution in [0.4, 0.5) is 0 Å². The minimum Gasteiger partial charge on any atom is -0.232 e. The number of hydrogen-bond acceptors (Lipinski definition) is 2. The molecule has 1 atom stereocenters. The van der Waals surface area contributed by atoms with Gasteiger partial charge in [-0.1, -0.05) is 13.8 Å². The van der Waals surface area contributed by atoms with Gasteiger partial charge in [-0.2, -0.15) is 0 Å². The summed E-state index contributed by atoms with van der Waals surface area (Å²) in [6.07, 6.45) is 0.853. The third kappa shape index (κ3) is 0.869. The average Bonchev–Trinajstić information content (AvgIpc) is 2.13. The molecular weight excluding hydrogens is 124 g/mol. The van der Waals surface area contributed by atoms with E-state index >= 15 is 0 Å². The van der Waals surface area contributed by atoms with Gasteiger partial charge in [0.1, 0.15) is 10.7 Å². The standard InChI is InChI=1S/C5H10O2S/c1-5(2)3-4(5)8(6)7/h4,8H,3H2,1-2H3. The Labute approximate surface area is 50.9 Å². The van der Waals surface area contributed by atoms with Crippen LogP contribution in [0.2, 0.25) is 0 Å². The lowest BCUT2D eigenvalue weighted by atomic mass is 10.2. The zero-order valence-electron chi connectivity index (χ0n) is 5.05. The van der Waals surface area contributed by atoms with Crippen LogP contribution >= 0.6 is 0 Å². The van der Waals surface area contributed by atoms with Crippen molar-refractivity contribution in [2.45, 2.75) is 25.5 Å². The highest BCUT2D eigenvalue weighted by Gasteiger charge is 2.48. The lowest BCUT2D eigenvalue weighted by Gasteiger charge is -1.91. The molecule has 1 fully saturated rings. The number of hydrogen-bond donors (Lipinski definition) is 1. The maximum Gasteiger partial charge on any atom is 0.143 e. The minimum atomic E-state index is -2.14. The van der Waals surface area contributed by atoms with Gasteiger partial charge in [-0.05, 0) is 11.8 Å². The van der Waals surface area contributed by atoms with Crippen molar-refractivity contribution in [2.24, 2.45) is 5.41 Å².